The number of aromatic amines is 1. The molecule has 0 saturated carbocycles. The van der Waals surface area contributed by atoms with Gasteiger partial charge in [-0.3, -0.25) is 0 Å². The highest BCUT2D eigenvalue weighted by molar-refractivity contribution is 5.83. The molecule has 3 aromatic rings. The zero-order chi connectivity index (χ0) is 13.8. The Morgan fingerprint density at radius 1 is 1.00 bits per heavy atom. The van der Waals surface area contributed by atoms with Gasteiger partial charge in [0, 0.05) is 23.6 Å². The van der Waals surface area contributed by atoms with Gasteiger partial charge in [0.15, 0.2) is 0 Å². The summed E-state index contributed by atoms with van der Waals surface area (Å²) in [5, 5.41) is 4.85. The number of aryl methyl sites for hydroxylation is 1. The summed E-state index contributed by atoms with van der Waals surface area (Å²) in [6, 6.07) is 17.2. The van der Waals surface area contributed by atoms with Crippen LogP contribution in [0.25, 0.3) is 10.9 Å². The van der Waals surface area contributed by atoms with Crippen molar-refractivity contribution in [1.29, 1.82) is 0 Å². The van der Waals surface area contributed by atoms with Crippen LogP contribution in [0.4, 0.5) is 0 Å². The Labute approximate surface area is 119 Å². The van der Waals surface area contributed by atoms with Gasteiger partial charge in [-0.1, -0.05) is 48.0 Å². The number of hydrogen-bond acceptors (Lipinski definition) is 1. The topological polar surface area (TPSA) is 27.8 Å². The molecular formula is C18H20N2. The predicted octanol–water partition coefficient (Wildman–Crippen LogP) is 3.81. The second-order valence-corrected chi connectivity index (χ2v) is 5.27. The van der Waals surface area contributed by atoms with E-state index in [0.29, 0.717) is 0 Å². The number of fused-ring (bicyclic) bond motifs is 1. The van der Waals surface area contributed by atoms with Crippen LogP contribution in [0, 0.1) is 6.92 Å². The Balaban J connectivity index is 1.54. The number of aromatic nitrogens is 1. The van der Waals surface area contributed by atoms with E-state index in [-0.39, 0.29) is 0 Å². The molecule has 0 amide bonds. The maximum Gasteiger partial charge on any atom is 0.0456 e. The molecule has 3 rings (SSSR count). The third-order valence-electron chi connectivity index (χ3n) is 3.70. The van der Waals surface area contributed by atoms with Gasteiger partial charge in [0.25, 0.3) is 0 Å². The fourth-order valence-electron chi connectivity index (χ4n) is 2.50. The fraction of sp³-hybridized carbons (Fsp3) is 0.222. The van der Waals surface area contributed by atoms with Gasteiger partial charge in [0.2, 0.25) is 0 Å². The first-order chi connectivity index (χ1) is 9.83. The molecule has 0 saturated heterocycles. The van der Waals surface area contributed by atoms with Crippen molar-refractivity contribution in [3.05, 3.63) is 71.4 Å². The molecule has 20 heavy (non-hydrogen) atoms. The minimum atomic E-state index is 0.933. The van der Waals surface area contributed by atoms with E-state index in [1.54, 1.807) is 0 Å². The maximum atomic E-state index is 3.51. The predicted molar refractivity (Wildman–Crippen MR) is 84.9 cm³/mol. The highest BCUT2D eigenvalue weighted by Crippen LogP contribution is 2.17. The van der Waals surface area contributed by atoms with Crippen molar-refractivity contribution in [1.82, 2.24) is 10.3 Å². The third kappa shape index (κ3) is 2.91. The quantitative estimate of drug-likeness (QED) is 0.674. The number of hydrogen-bond donors (Lipinski definition) is 2. The second kappa shape index (κ2) is 5.93. The normalized spacial score (nSPS) is 11.1. The lowest BCUT2D eigenvalue weighted by atomic mass is 10.1. The summed E-state index contributed by atoms with van der Waals surface area (Å²) in [5.74, 6) is 0. The average Bonchev–Trinajstić information content (AvgIpc) is 2.89. The average molecular weight is 264 g/mol. The highest BCUT2D eigenvalue weighted by atomic mass is 14.8. The van der Waals surface area contributed by atoms with Crippen molar-refractivity contribution in [2.75, 3.05) is 6.54 Å². The van der Waals surface area contributed by atoms with Crippen LogP contribution in [-0.2, 0) is 13.0 Å². The van der Waals surface area contributed by atoms with Crippen molar-refractivity contribution in [2.45, 2.75) is 19.9 Å². The molecule has 0 aliphatic rings. The largest absolute Gasteiger partial charge is 0.361 e. The van der Waals surface area contributed by atoms with E-state index in [1.165, 1.54) is 27.6 Å². The van der Waals surface area contributed by atoms with Gasteiger partial charge in [0.1, 0.15) is 0 Å². The van der Waals surface area contributed by atoms with Crippen LogP contribution in [0.2, 0.25) is 0 Å². The molecular weight excluding hydrogens is 244 g/mol. The van der Waals surface area contributed by atoms with E-state index in [9.17, 15) is 0 Å². The first kappa shape index (κ1) is 12.9. The van der Waals surface area contributed by atoms with Crippen LogP contribution >= 0.6 is 0 Å². The lowest BCUT2D eigenvalue weighted by Gasteiger charge is -2.05. The molecule has 0 fully saturated rings. The minimum Gasteiger partial charge on any atom is -0.361 e. The van der Waals surface area contributed by atoms with Crippen molar-refractivity contribution in [3.63, 3.8) is 0 Å². The molecule has 1 aromatic heterocycles. The van der Waals surface area contributed by atoms with Crippen molar-refractivity contribution in [3.8, 4) is 0 Å². The number of para-hydroxylation sites is 1. The van der Waals surface area contributed by atoms with Gasteiger partial charge in [-0.2, -0.15) is 0 Å². The van der Waals surface area contributed by atoms with E-state index < -0.39 is 0 Å². The van der Waals surface area contributed by atoms with Crippen LogP contribution < -0.4 is 5.32 Å². The molecule has 2 nitrogen and oxygen atoms in total. The molecule has 0 bridgehead atoms. The monoisotopic (exact) mass is 264 g/mol. The Morgan fingerprint density at radius 2 is 1.80 bits per heavy atom. The van der Waals surface area contributed by atoms with Crippen molar-refractivity contribution >= 4 is 10.9 Å². The van der Waals surface area contributed by atoms with E-state index in [1.807, 2.05) is 0 Å². The molecule has 0 unspecified atom stereocenters. The first-order valence-electron chi connectivity index (χ1n) is 7.14. The Bertz CT molecular complexity index is 680. The molecule has 0 aliphatic heterocycles. The van der Waals surface area contributed by atoms with Crippen LogP contribution in [0.15, 0.2) is 54.7 Å². The van der Waals surface area contributed by atoms with Crippen LogP contribution in [0.3, 0.4) is 0 Å². The number of nitrogens with one attached hydrogen (secondary N) is 2. The lowest BCUT2D eigenvalue weighted by Crippen LogP contribution is -2.16. The molecule has 2 N–H and O–H groups in total. The molecule has 1 heterocycles. The molecule has 0 radical (unpaired) electrons. The van der Waals surface area contributed by atoms with Crippen LogP contribution in [0.5, 0.6) is 0 Å². The molecule has 0 aliphatic carbocycles. The second-order valence-electron chi connectivity index (χ2n) is 5.27. The van der Waals surface area contributed by atoms with E-state index >= 15 is 0 Å². The summed E-state index contributed by atoms with van der Waals surface area (Å²) < 4.78 is 0. The number of H-pyrrole nitrogens is 1. The van der Waals surface area contributed by atoms with Gasteiger partial charge in [0.05, 0.1) is 0 Å². The summed E-state index contributed by atoms with van der Waals surface area (Å²) in [7, 11) is 0. The molecule has 0 spiro atoms. The zero-order valence-electron chi connectivity index (χ0n) is 11.8. The van der Waals surface area contributed by atoms with Crippen molar-refractivity contribution < 1.29 is 0 Å². The van der Waals surface area contributed by atoms with Gasteiger partial charge < -0.3 is 10.3 Å². The van der Waals surface area contributed by atoms with Gasteiger partial charge in [-0.25, -0.2) is 0 Å². The number of rotatable bonds is 5. The fourth-order valence-corrected chi connectivity index (χ4v) is 2.50. The van der Waals surface area contributed by atoms with Crippen LogP contribution in [-0.4, -0.2) is 11.5 Å². The van der Waals surface area contributed by atoms with Crippen LogP contribution in [0.1, 0.15) is 16.7 Å². The molecule has 2 heteroatoms. The molecule has 102 valence electrons. The van der Waals surface area contributed by atoms with E-state index in [0.717, 1.165) is 19.5 Å². The number of benzene rings is 2. The molecule has 0 atom stereocenters. The highest BCUT2D eigenvalue weighted by Gasteiger charge is 2.02. The summed E-state index contributed by atoms with van der Waals surface area (Å²) in [5.41, 5.74) is 5.26. The smallest absolute Gasteiger partial charge is 0.0456 e. The molecule has 2 aromatic carbocycles. The SMILES string of the molecule is Cc1ccc(CNCCc2c[nH]c3ccccc23)cc1. The Hall–Kier alpha value is -2.06. The summed E-state index contributed by atoms with van der Waals surface area (Å²) in [6.45, 7) is 4.05. The van der Waals surface area contributed by atoms with E-state index in [4.69, 9.17) is 0 Å². The van der Waals surface area contributed by atoms with Gasteiger partial charge >= 0.3 is 0 Å². The lowest BCUT2D eigenvalue weighted by molar-refractivity contribution is 0.688. The summed E-state index contributed by atoms with van der Waals surface area (Å²) in [6.07, 6.45) is 3.17. The van der Waals surface area contributed by atoms with Gasteiger partial charge in [-0.05, 0) is 37.1 Å². The Kier molecular flexibility index (Phi) is 3.84. The Morgan fingerprint density at radius 3 is 2.65 bits per heavy atom. The summed E-state index contributed by atoms with van der Waals surface area (Å²) >= 11 is 0. The third-order valence-corrected chi connectivity index (χ3v) is 3.70. The summed E-state index contributed by atoms with van der Waals surface area (Å²) in [4.78, 5) is 3.33. The van der Waals surface area contributed by atoms with Gasteiger partial charge in [-0.15, -0.1) is 0 Å². The standard InChI is InChI=1S/C18H20N2/c1-14-6-8-15(9-7-14)12-19-11-10-16-13-20-18-5-3-2-4-17(16)18/h2-9,13,19-20H,10-12H2,1H3. The zero-order valence-corrected chi connectivity index (χ0v) is 11.8. The van der Waals surface area contributed by atoms with E-state index in [2.05, 4.69) is 72.0 Å². The van der Waals surface area contributed by atoms with Crippen molar-refractivity contribution in [2.24, 2.45) is 0 Å². The first-order valence-corrected chi connectivity index (χ1v) is 7.14. The maximum absolute atomic E-state index is 3.51. The minimum absolute atomic E-state index is 0.933.